The van der Waals surface area contributed by atoms with Gasteiger partial charge in [-0.2, -0.15) is 0 Å². The van der Waals surface area contributed by atoms with Gasteiger partial charge in [-0.15, -0.1) is 11.3 Å². The van der Waals surface area contributed by atoms with E-state index in [-0.39, 0.29) is 24.2 Å². The van der Waals surface area contributed by atoms with E-state index in [0.717, 1.165) is 51.0 Å². The average molecular weight is 547 g/mol. The molecule has 204 valence electrons. The van der Waals surface area contributed by atoms with E-state index in [2.05, 4.69) is 44.8 Å². The molecule has 2 aromatic heterocycles. The van der Waals surface area contributed by atoms with Crippen LogP contribution in [0, 0.1) is 5.92 Å². The third-order valence-electron chi connectivity index (χ3n) is 7.74. The summed E-state index contributed by atoms with van der Waals surface area (Å²) in [7, 11) is 0. The number of unbranched alkanes of at least 4 members (excludes halogenated alkanes) is 1. The fraction of sp³-hybridized carbons (Fsp3) is 0.400. The quantitative estimate of drug-likeness (QED) is 0.239. The van der Waals surface area contributed by atoms with E-state index in [4.69, 9.17) is 9.47 Å². The van der Waals surface area contributed by atoms with Crippen molar-refractivity contribution in [2.24, 2.45) is 5.92 Å². The molecule has 6 rings (SSSR count). The highest BCUT2D eigenvalue weighted by atomic mass is 32.1. The monoisotopic (exact) mass is 546 g/mol. The topological polar surface area (TPSA) is 76.0 Å². The van der Waals surface area contributed by atoms with Gasteiger partial charge in [-0.25, -0.2) is 0 Å². The molecule has 0 spiro atoms. The van der Waals surface area contributed by atoms with E-state index in [1.54, 1.807) is 17.4 Å². The van der Waals surface area contributed by atoms with Crippen molar-refractivity contribution in [1.29, 1.82) is 0 Å². The van der Waals surface area contributed by atoms with E-state index in [9.17, 15) is 9.59 Å². The van der Waals surface area contributed by atoms with Gasteiger partial charge in [0, 0.05) is 67.2 Å². The van der Waals surface area contributed by atoms with Crippen molar-refractivity contribution >= 4 is 44.0 Å². The van der Waals surface area contributed by atoms with Gasteiger partial charge < -0.3 is 19.7 Å². The van der Waals surface area contributed by atoms with E-state index in [0.29, 0.717) is 31.0 Å². The number of hydrogen-bond donors (Lipinski definition) is 1. The molecule has 1 N–H and O–H groups in total. The maximum atomic E-state index is 12.5. The first-order valence-electron chi connectivity index (χ1n) is 13.7. The zero-order valence-corrected chi connectivity index (χ0v) is 22.8. The number of carbonyl (C=O) groups is 1. The van der Waals surface area contributed by atoms with Crippen molar-refractivity contribution in [2.75, 3.05) is 57.3 Å². The smallest absolute Gasteiger partial charge is 0.313 e. The van der Waals surface area contributed by atoms with Crippen LogP contribution in [0.2, 0.25) is 0 Å². The van der Waals surface area contributed by atoms with Crippen molar-refractivity contribution in [3.63, 3.8) is 0 Å². The van der Waals surface area contributed by atoms with E-state index in [1.165, 1.54) is 26.4 Å². The molecule has 0 unspecified atom stereocenters. The number of aromatic nitrogens is 1. The van der Waals surface area contributed by atoms with Crippen molar-refractivity contribution in [1.82, 2.24) is 14.8 Å². The lowest BCUT2D eigenvalue weighted by molar-refractivity contribution is -0.154. The molecule has 2 aliphatic rings. The number of ether oxygens (including phenoxy) is 2. The summed E-state index contributed by atoms with van der Waals surface area (Å²) in [4.78, 5) is 29.7. The number of thiophene rings is 1. The van der Waals surface area contributed by atoms with Gasteiger partial charge in [-0.1, -0.05) is 6.07 Å². The number of nitrogens with one attached hydrogen (secondary N) is 1. The number of rotatable bonds is 10. The van der Waals surface area contributed by atoms with Crippen LogP contribution in [-0.2, 0) is 16.3 Å². The molecule has 8 nitrogen and oxygen atoms in total. The Bertz CT molecular complexity index is 1500. The first-order valence-corrected chi connectivity index (χ1v) is 14.6. The van der Waals surface area contributed by atoms with Gasteiger partial charge in [0.15, 0.2) is 6.73 Å². The molecule has 0 radical (unpaired) electrons. The Kier molecular flexibility index (Phi) is 7.81. The molecule has 2 saturated heterocycles. The second-order valence-electron chi connectivity index (χ2n) is 10.3. The van der Waals surface area contributed by atoms with Crippen LogP contribution in [0.25, 0.3) is 21.0 Å². The van der Waals surface area contributed by atoms with Crippen molar-refractivity contribution in [2.45, 2.75) is 19.6 Å². The predicted octanol–water partition coefficient (Wildman–Crippen LogP) is 3.92. The van der Waals surface area contributed by atoms with Gasteiger partial charge in [0.05, 0.1) is 18.0 Å². The van der Waals surface area contributed by atoms with Gasteiger partial charge in [0.1, 0.15) is 5.75 Å². The molecule has 2 aliphatic heterocycles. The lowest BCUT2D eigenvalue weighted by atomic mass is 10.0. The molecule has 39 heavy (non-hydrogen) atoms. The molecule has 0 amide bonds. The lowest BCUT2D eigenvalue weighted by Crippen LogP contribution is -2.47. The standard InChI is InChI=1S/C30H34N4O4S/c35-29-9-7-22-6-8-24(18-27(22)34(29)21-38-30(36)23-19-31-20-23)37-16-2-1-11-32-12-14-33(15-13-32)26-4-3-5-28-25(26)10-17-39-28/h3-10,17-18,23,31H,1-2,11-16,19-21H2. The van der Waals surface area contributed by atoms with Crippen molar-refractivity contribution in [3.8, 4) is 5.75 Å². The first-order chi connectivity index (χ1) is 19.2. The molecule has 2 aromatic carbocycles. The Morgan fingerprint density at radius 1 is 1.00 bits per heavy atom. The van der Waals surface area contributed by atoms with E-state index in [1.807, 2.05) is 18.2 Å². The number of carbonyl (C=O) groups excluding carboxylic acids is 1. The highest BCUT2D eigenvalue weighted by Crippen LogP contribution is 2.31. The number of fused-ring (bicyclic) bond motifs is 2. The predicted molar refractivity (Wildman–Crippen MR) is 156 cm³/mol. The fourth-order valence-electron chi connectivity index (χ4n) is 5.29. The molecule has 0 saturated carbocycles. The largest absolute Gasteiger partial charge is 0.494 e. The molecule has 0 aliphatic carbocycles. The maximum Gasteiger partial charge on any atom is 0.313 e. The molecule has 4 aromatic rings. The second kappa shape index (κ2) is 11.8. The summed E-state index contributed by atoms with van der Waals surface area (Å²) in [5, 5.41) is 7.50. The highest BCUT2D eigenvalue weighted by molar-refractivity contribution is 7.17. The van der Waals surface area contributed by atoms with Crippen LogP contribution in [0.5, 0.6) is 5.75 Å². The van der Waals surface area contributed by atoms with Crippen LogP contribution < -0.4 is 20.5 Å². The minimum absolute atomic E-state index is 0.0926. The molecule has 4 heterocycles. The summed E-state index contributed by atoms with van der Waals surface area (Å²) in [5.74, 6) is 0.318. The number of anilines is 1. The number of nitrogens with zero attached hydrogens (tertiary/aromatic N) is 3. The van der Waals surface area contributed by atoms with Gasteiger partial charge in [0.25, 0.3) is 5.56 Å². The van der Waals surface area contributed by atoms with Gasteiger partial charge >= 0.3 is 5.97 Å². The van der Waals surface area contributed by atoms with Crippen LogP contribution in [0.15, 0.2) is 64.8 Å². The van der Waals surface area contributed by atoms with E-state index >= 15 is 0 Å². The third kappa shape index (κ3) is 5.80. The molecule has 9 heteroatoms. The van der Waals surface area contributed by atoms with Crippen LogP contribution in [0.1, 0.15) is 12.8 Å². The van der Waals surface area contributed by atoms with Crippen molar-refractivity contribution < 1.29 is 14.3 Å². The summed E-state index contributed by atoms with van der Waals surface area (Å²) in [6, 6.07) is 17.9. The summed E-state index contributed by atoms with van der Waals surface area (Å²) in [5.41, 5.74) is 1.86. The highest BCUT2D eigenvalue weighted by Gasteiger charge is 2.26. The van der Waals surface area contributed by atoms with Crippen LogP contribution in [0.3, 0.4) is 0 Å². The number of hydrogen-bond acceptors (Lipinski definition) is 8. The van der Waals surface area contributed by atoms with E-state index < -0.39 is 0 Å². The number of piperazine rings is 1. The Morgan fingerprint density at radius 2 is 1.85 bits per heavy atom. The number of esters is 1. The van der Waals surface area contributed by atoms with Crippen LogP contribution >= 0.6 is 11.3 Å². The van der Waals surface area contributed by atoms with Gasteiger partial charge in [-0.05, 0) is 66.6 Å². The minimum Gasteiger partial charge on any atom is -0.494 e. The Labute approximate surface area is 231 Å². The lowest BCUT2D eigenvalue weighted by Gasteiger charge is -2.36. The number of benzene rings is 2. The second-order valence-corrected chi connectivity index (χ2v) is 11.2. The molecular formula is C30H34N4O4S. The maximum absolute atomic E-state index is 12.5. The average Bonchev–Trinajstić information content (AvgIpc) is 3.41. The zero-order valence-electron chi connectivity index (χ0n) is 22.0. The minimum atomic E-state index is -0.272. The number of pyridine rings is 1. The summed E-state index contributed by atoms with van der Waals surface area (Å²) in [6.45, 7) is 7.11. The van der Waals surface area contributed by atoms with Gasteiger partial charge in [0.2, 0.25) is 0 Å². The summed E-state index contributed by atoms with van der Waals surface area (Å²) < 4.78 is 14.3. The Morgan fingerprint density at radius 3 is 2.67 bits per heavy atom. The SMILES string of the molecule is O=C(OCn1c(=O)ccc2ccc(OCCCCN3CCN(c4cccc5sccc45)CC3)cc21)C1CNC1. The van der Waals surface area contributed by atoms with Crippen LogP contribution in [-0.4, -0.2) is 67.9 Å². The summed E-state index contributed by atoms with van der Waals surface area (Å²) in [6.07, 6.45) is 2.03. The third-order valence-corrected chi connectivity index (χ3v) is 8.62. The normalized spacial score (nSPS) is 16.5. The summed E-state index contributed by atoms with van der Waals surface area (Å²) >= 11 is 1.80. The molecule has 0 bridgehead atoms. The van der Waals surface area contributed by atoms with Crippen LogP contribution in [0.4, 0.5) is 5.69 Å². The van der Waals surface area contributed by atoms with Gasteiger partial charge in [-0.3, -0.25) is 19.1 Å². The zero-order chi connectivity index (χ0) is 26.6. The molecular weight excluding hydrogens is 512 g/mol. The fourth-order valence-corrected chi connectivity index (χ4v) is 6.09. The molecule has 0 atom stereocenters. The first kappa shape index (κ1) is 25.9. The Hall–Kier alpha value is -3.40. The molecule has 2 fully saturated rings. The Balaban J connectivity index is 0.968. The van der Waals surface area contributed by atoms with Crippen molar-refractivity contribution in [3.05, 3.63) is 70.3 Å².